The van der Waals surface area contributed by atoms with Crippen LogP contribution in [0.2, 0.25) is 0 Å². The molecule has 0 aromatic heterocycles. The summed E-state index contributed by atoms with van der Waals surface area (Å²) < 4.78 is 38.8. The highest BCUT2D eigenvalue weighted by molar-refractivity contribution is 7.81. The van der Waals surface area contributed by atoms with Gasteiger partial charge in [0.1, 0.15) is 23.1 Å². The Morgan fingerprint density at radius 2 is 1.94 bits per heavy atom. The predicted octanol–water partition coefficient (Wildman–Crippen LogP) is 4.21. The van der Waals surface area contributed by atoms with Crippen LogP contribution in [0.5, 0.6) is 11.5 Å². The molecule has 0 aliphatic carbocycles. The molecule has 1 aliphatic heterocycles. The molecule has 5 nitrogen and oxygen atoms in total. The molecule has 1 unspecified atom stereocenters. The Balaban J connectivity index is 1.69. The topological polar surface area (TPSA) is 59.6 Å². The molecule has 32 heavy (non-hydrogen) atoms. The quantitative estimate of drug-likeness (QED) is 0.487. The molecule has 8 heteroatoms. The number of carbonyl (C=O) groups is 1. The number of halogens is 2. The van der Waals surface area contributed by atoms with Crippen LogP contribution in [-0.2, 0) is 11.2 Å². The van der Waals surface area contributed by atoms with Gasteiger partial charge < -0.3 is 20.1 Å². The Hall–Kier alpha value is -2.32. The number of fused-ring (bicyclic) bond motifs is 1. The normalized spacial score (nSPS) is 17.3. The molecular formula is C24H30F2N2O3S. The van der Waals surface area contributed by atoms with E-state index in [0.717, 1.165) is 29.5 Å². The van der Waals surface area contributed by atoms with Gasteiger partial charge in [-0.2, -0.15) is 12.6 Å². The first kappa shape index (κ1) is 24.3. The van der Waals surface area contributed by atoms with Gasteiger partial charge in [0.15, 0.2) is 0 Å². The van der Waals surface area contributed by atoms with Crippen molar-refractivity contribution in [1.29, 1.82) is 0 Å². The monoisotopic (exact) mass is 464 g/mol. The molecule has 1 heterocycles. The minimum Gasteiger partial charge on any atom is -0.493 e. The lowest BCUT2D eigenvalue weighted by Crippen LogP contribution is -2.46. The molecule has 0 bridgehead atoms. The number of ether oxygens (including phenoxy) is 2. The molecule has 0 fully saturated rings. The van der Waals surface area contributed by atoms with Gasteiger partial charge in [-0.1, -0.05) is 0 Å². The van der Waals surface area contributed by atoms with E-state index < -0.39 is 17.7 Å². The molecule has 174 valence electrons. The lowest BCUT2D eigenvalue weighted by molar-refractivity contribution is -0.119. The van der Waals surface area contributed by atoms with Crippen molar-refractivity contribution in [2.45, 2.75) is 57.1 Å². The molecule has 0 saturated carbocycles. The molecular weight excluding hydrogens is 434 g/mol. The van der Waals surface area contributed by atoms with Crippen molar-refractivity contribution in [3.63, 3.8) is 0 Å². The molecule has 2 N–H and O–H groups in total. The lowest BCUT2D eigenvalue weighted by atomic mass is 9.98. The molecule has 1 amide bonds. The first-order valence-corrected chi connectivity index (χ1v) is 11.3. The maximum Gasteiger partial charge on any atom is 0.217 e. The first-order valence-electron chi connectivity index (χ1n) is 10.8. The van der Waals surface area contributed by atoms with Gasteiger partial charge in [-0.3, -0.25) is 4.79 Å². The summed E-state index contributed by atoms with van der Waals surface area (Å²) in [5.74, 6) is 0.0806. The predicted molar refractivity (Wildman–Crippen MR) is 124 cm³/mol. The fraction of sp³-hybridized carbons (Fsp3) is 0.458. The maximum absolute atomic E-state index is 13.6. The molecule has 2 aromatic rings. The van der Waals surface area contributed by atoms with Gasteiger partial charge in [0.2, 0.25) is 5.91 Å². The second-order valence-corrected chi connectivity index (χ2v) is 8.98. The highest BCUT2D eigenvalue weighted by Crippen LogP contribution is 2.35. The first-order chi connectivity index (χ1) is 15.2. The van der Waals surface area contributed by atoms with E-state index in [0.29, 0.717) is 18.7 Å². The molecule has 2 aromatic carbocycles. The molecule has 3 atom stereocenters. The van der Waals surface area contributed by atoms with Gasteiger partial charge >= 0.3 is 0 Å². The van der Waals surface area contributed by atoms with Crippen LogP contribution in [0.4, 0.5) is 8.78 Å². The average molecular weight is 465 g/mol. The number of carbonyl (C=O) groups excluding carboxylic acids is 1. The van der Waals surface area contributed by atoms with Gasteiger partial charge in [0.25, 0.3) is 0 Å². The summed E-state index contributed by atoms with van der Waals surface area (Å²) in [4.78, 5) is 11.7. The zero-order valence-corrected chi connectivity index (χ0v) is 19.4. The van der Waals surface area contributed by atoms with Crippen LogP contribution in [0, 0.1) is 11.6 Å². The third-order valence-corrected chi connectivity index (χ3v) is 5.74. The summed E-state index contributed by atoms with van der Waals surface area (Å²) in [5, 5.41) is 6.08. The molecule has 0 spiro atoms. The van der Waals surface area contributed by atoms with Gasteiger partial charge in [-0.25, -0.2) is 8.78 Å². The maximum atomic E-state index is 13.6. The van der Waals surface area contributed by atoms with Crippen molar-refractivity contribution in [2.75, 3.05) is 13.2 Å². The summed E-state index contributed by atoms with van der Waals surface area (Å²) in [6.07, 6.45) is 1.11. The van der Waals surface area contributed by atoms with Gasteiger partial charge in [0.05, 0.1) is 12.7 Å². The van der Waals surface area contributed by atoms with Crippen molar-refractivity contribution in [3.8, 4) is 11.5 Å². The third-order valence-electron chi connectivity index (χ3n) is 5.20. The molecule has 3 rings (SSSR count). The van der Waals surface area contributed by atoms with Gasteiger partial charge in [0, 0.05) is 48.9 Å². The van der Waals surface area contributed by atoms with Crippen LogP contribution in [0.25, 0.3) is 0 Å². The number of nitrogens with one attached hydrogen (secondary N) is 2. The summed E-state index contributed by atoms with van der Waals surface area (Å²) >= 11 is 4.70. The van der Waals surface area contributed by atoms with Crippen molar-refractivity contribution < 1.29 is 23.0 Å². The number of benzene rings is 2. The number of rotatable bonds is 9. The number of amides is 1. The smallest absolute Gasteiger partial charge is 0.217 e. The summed E-state index contributed by atoms with van der Waals surface area (Å²) in [6, 6.07) is 8.81. The van der Waals surface area contributed by atoms with E-state index in [1.54, 1.807) is 0 Å². The van der Waals surface area contributed by atoms with Crippen LogP contribution in [0.1, 0.15) is 44.4 Å². The van der Waals surface area contributed by atoms with Crippen molar-refractivity contribution >= 4 is 18.5 Å². The second kappa shape index (κ2) is 11.0. The van der Waals surface area contributed by atoms with Crippen LogP contribution in [-0.4, -0.2) is 36.5 Å². The summed E-state index contributed by atoms with van der Waals surface area (Å²) in [6.45, 7) is 6.43. The standard InChI is InChI=1S/C24H30F2N2O3S/c1-14(2)31-19-4-5-23-20(12-19)21(6-7-30-23)27-13-24(32)22(28-15(3)29)10-16-8-17(25)11-18(26)9-16/h4-5,8-9,11-12,14,21-22,24,27,32H,6-7,10,13H2,1-3H3,(H,28,29)/t21?,22-,24+/m0/s1. The van der Waals surface area contributed by atoms with Crippen LogP contribution in [0.15, 0.2) is 36.4 Å². The molecule has 0 radical (unpaired) electrons. The van der Waals surface area contributed by atoms with Crippen molar-refractivity contribution in [1.82, 2.24) is 10.6 Å². The van der Waals surface area contributed by atoms with E-state index in [4.69, 9.17) is 22.1 Å². The SMILES string of the molecule is CC(=O)N[C@@H](Cc1cc(F)cc(F)c1)[C@H](S)CNC1CCOc2ccc(OC(C)C)cc21. The van der Waals surface area contributed by atoms with Gasteiger partial charge in [-0.05, 0) is 56.2 Å². The van der Waals surface area contributed by atoms with Gasteiger partial charge in [-0.15, -0.1) is 0 Å². The number of thiol groups is 1. The fourth-order valence-corrected chi connectivity index (χ4v) is 4.15. The van der Waals surface area contributed by atoms with Crippen molar-refractivity contribution in [2.24, 2.45) is 0 Å². The Bertz CT molecular complexity index is 921. The summed E-state index contributed by atoms with van der Waals surface area (Å²) in [7, 11) is 0. The van der Waals surface area contributed by atoms with E-state index in [-0.39, 0.29) is 29.7 Å². The third kappa shape index (κ3) is 6.84. The van der Waals surface area contributed by atoms with Crippen molar-refractivity contribution in [3.05, 3.63) is 59.2 Å². The minimum absolute atomic E-state index is 0.0358. The van der Waals surface area contributed by atoms with Crippen LogP contribution >= 0.6 is 12.6 Å². The number of hydrogen-bond donors (Lipinski definition) is 3. The Morgan fingerprint density at radius 1 is 1.22 bits per heavy atom. The lowest BCUT2D eigenvalue weighted by Gasteiger charge is -2.30. The fourth-order valence-electron chi connectivity index (χ4n) is 3.86. The average Bonchev–Trinajstić information content (AvgIpc) is 2.70. The zero-order valence-electron chi connectivity index (χ0n) is 18.5. The Kier molecular flexibility index (Phi) is 8.37. The van der Waals surface area contributed by atoms with E-state index in [1.807, 2.05) is 32.0 Å². The zero-order chi connectivity index (χ0) is 23.3. The van der Waals surface area contributed by atoms with E-state index in [9.17, 15) is 13.6 Å². The second-order valence-electron chi connectivity index (χ2n) is 8.32. The highest BCUT2D eigenvalue weighted by atomic mass is 32.1. The molecule has 0 saturated heterocycles. The largest absolute Gasteiger partial charge is 0.493 e. The van der Waals surface area contributed by atoms with E-state index >= 15 is 0 Å². The minimum atomic E-state index is -0.645. The highest BCUT2D eigenvalue weighted by Gasteiger charge is 2.25. The number of hydrogen-bond acceptors (Lipinski definition) is 5. The van der Waals surface area contributed by atoms with E-state index in [1.165, 1.54) is 19.1 Å². The van der Waals surface area contributed by atoms with Crippen LogP contribution < -0.4 is 20.1 Å². The summed E-state index contributed by atoms with van der Waals surface area (Å²) in [5.41, 5.74) is 1.48. The van der Waals surface area contributed by atoms with Crippen LogP contribution in [0.3, 0.4) is 0 Å². The molecule has 1 aliphatic rings. The van der Waals surface area contributed by atoms with E-state index in [2.05, 4.69) is 10.6 Å². The Labute approximate surface area is 193 Å². The Morgan fingerprint density at radius 3 is 2.59 bits per heavy atom.